The zero-order chi connectivity index (χ0) is 28.1. The summed E-state index contributed by atoms with van der Waals surface area (Å²) in [6.45, 7) is 7.75. The number of nitrogens with one attached hydrogen (secondary N) is 2. The molecule has 3 atom stereocenters. The van der Waals surface area contributed by atoms with Gasteiger partial charge < -0.3 is 20.1 Å². The van der Waals surface area contributed by atoms with Crippen LogP contribution in [0.3, 0.4) is 0 Å². The Labute approximate surface area is 230 Å². The molecule has 0 radical (unpaired) electrons. The number of hydrogen-bond donors (Lipinski definition) is 2. The van der Waals surface area contributed by atoms with Crippen molar-refractivity contribution in [3.63, 3.8) is 0 Å². The maximum Gasteiger partial charge on any atom is 0.416 e. The van der Waals surface area contributed by atoms with E-state index in [1.165, 1.54) is 17.0 Å². The van der Waals surface area contributed by atoms with Crippen molar-refractivity contribution >= 4 is 34.6 Å². The quantitative estimate of drug-likeness (QED) is 0.350. The van der Waals surface area contributed by atoms with E-state index in [2.05, 4.69) is 10.6 Å². The lowest BCUT2D eigenvalue weighted by Crippen LogP contribution is -2.72. The van der Waals surface area contributed by atoms with Crippen LogP contribution in [0.2, 0.25) is 0 Å². The second-order valence-electron chi connectivity index (χ2n) is 9.86. The zero-order valence-electron chi connectivity index (χ0n) is 21.8. The van der Waals surface area contributed by atoms with E-state index in [1.54, 1.807) is 19.1 Å². The van der Waals surface area contributed by atoms with Crippen molar-refractivity contribution in [3.05, 3.63) is 82.9 Å². The van der Waals surface area contributed by atoms with Crippen LogP contribution in [-0.4, -0.2) is 23.4 Å². The highest BCUT2D eigenvalue weighted by molar-refractivity contribution is 7.80. The van der Waals surface area contributed by atoms with Gasteiger partial charge in [-0.1, -0.05) is 35.9 Å². The second kappa shape index (κ2) is 9.75. The number of fused-ring (bicyclic) bond motifs is 4. The molecule has 39 heavy (non-hydrogen) atoms. The zero-order valence-corrected chi connectivity index (χ0v) is 22.7. The van der Waals surface area contributed by atoms with Crippen molar-refractivity contribution in [2.24, 2.45) is 5.92 Å². The molecule has 1 amide bonds. The minimum Gasteiger partial charge on any atom is -0.490 e. The van der Waals surface area contributed by atoms with Crippen LogP contribution >= 0.6 is 12.2 Å². The molecule has 0 unspecified atom stereocenters. The molecule has 0 spiro atoms. The number of nitrogens with zero attached hydrogens (tertiary/aromatic N) is 1. The van der Waals surface area contributed by atoms with E-state index in [-0.39, 0.29) is 16.7 Å². The van der Waals surface area contributed by atoms with Crippen LogP contribution in [0.1, 0.15) is 42.1 Å². The van der Waals surface area contributed by atoms with Gasteiger partial charge in [-0.2, -0.15) is 13.2 Å². The van der Waals surface area contributed by atoms with Gasteiger partial charge >= 0.3 is 6.18 Å². The molecule has 3 aromatic carbocycles. The molecular formula is C29H28F3N3O3S. The minimum atomic E-state index is -4.56. The number of hydrogen-bond acceptors (Lipinski definition) is 4. The molecule has 2 N–H and O–H groups in total. The van der Waals surface area contributed by atoms with Crippen LogP contribution in [0.25, 0.3) is 0 Å². The summed E-state index contributed by atoms with van der Waals surface area (Å²) < 4.78 is 53.3. The molecule has 0 aromatic heterocycles. The van der Waals surface area contributed by atoms with Gasteiger partial charge in [0, 0.05) is 16.9 Å². The molecule has 10 heteroatoms. The smallest absolute Gasteiger partial charge is 0.416 e. The van der Waals surface area contributed by atoms with Gasteiger partial charge in [-0.25, -0.2) is 0 Å². The summed E-state index contributed by atoms with van der Waals surface area (Å²) in [5.74, 6) is -0.398. The highest BCUT2D eigenvalue weighted by Gasteiger charge is 2.59. The Balaban J connectivity index is 1.66. The topological polar surface area (TPSA) is 62.8 Å². The van der Waals surface area contributed by atoms with Gasteiger partial charge in [-0.3, -0.25) is 9.69 Å². The summed E-state index contributed by atoms with van der Waals surface area (Å²) >= 11 is 5.68. The van der Waals surface area contributed by atoms with Crippen LogP contribution in [-0.2, 0) is 11.0 Å². The lowest BCUT2D eigenvalue weighted by Gasteiger charge is -2.56. The lowest BCUT2D eigenvalue weighted by molar-refractivity contribution is -0.137. The number of benzene rings is 3. The molecule has 204 valence electrons. The van der Waals surface area contributed by atoms with Crippen molar-refractivity contribution in [1.29, 1.82) is 0 Å². The number of thiocarbonyl (C=S) groups is 1. The number of carbonyl (C=O) groups is 1. The predicted molar refractivity (Wildman–Crippen MR) is 147 cm³/mol. The Kier molecular flexibility index (Phi) is 6.70. The van der Waals surface area contributed by atoms with Crippen molar-refractivity contribution in [1.82, 2.24) is 5.32 Å². The highest BCUT2D eigenvalue weighted by Crippen LogP contribution is 2.53. The van der Waals surface area contributed by atoms with E-state index in [0.717, 1.165) is 23.3 Å². The predicted octanol–water partition coefficient (Wildman–Crippen LogP) is 6.52. The van der Waals surface area contributed by atoms with Gasteiger partial charge in [0.15, 0.2) is 22.3 Å². The third-order valence-corrected chi connectivity index (χ3v) is 7.44. The lowest BCUT2D eigenvalue weighted by atomic mass is 9.78. The molecule has 3 aromatic rings. The second-order valence-corrected chi connectivity index (χ2v) is 10.2. The third-order valence-electron chi connectivity index (χ3n) is 7.14. The molecule has 0 saturated carbocycles. The fourth-order valence-electron chi connectivity index (χ4n) is 5.41. The number of carbonyl (C=O) groups excluding carboxylic acids is 1. The van der Waals surface area contributed by atoms with Crippen molar-refractivity contribution < 1.29 is 27.4 Å². The van der Waals surface area contributed by atoms with Gasteiger partial charge in [-0.05, 0) is 75.8 Å². The first-order valence-electron chi connectivity index (χ1n) is 12.5. The Bertz CT molecular complexity index is 1460. The standard InChI is InChI=1S/C29H28F3N3O3S/c1-5-37-22-11-7-10-20-24-23(26(36)33-21-13-12-16(2)14-17(21)3)28(4,38-25(20)22)35(27(39)34-24)19-9-6-8-18(15-19)29(30,31)32/h6-15,23-24H,5H2,1-4H3,(H,33,36)(H,34,39)/t23-,24-,28-/m0/s1. The Morgan fingerprint density at radius 2 is 1.90 bits per heavy atom. The van der Waals surface area contributed by atoms with Gasteiger partial charge in [0.2, 0.25) is 5.91 Å². The molecule has 2 heterocycles. The Morgan fingerprint density at radius 1 is 1.15 bits per heavy atom. The van der Waals surface area contributed by atoms with E-state index in [1.807, 2.05) is 45.0 Å². The fourth-order valence-corrected chi connectivity index (χ4v) is 5.83. The van der Waals surface area contributed by atoms with Gasteiger partial charge in [0.05, 0.1) is 18.2 Å². The van der Waals surface area contributed by atoms with Crippen LogP contribution in [0.4, 0.5) is 24.5 Å². The van der Waals surface area contributed by atoms with Crippen molar-refractivity contribution in [2.45, 2.75) is 45.6 Å². The fraction of sp³-hybridized carbons (Fsp3) is 0.310. The average molecular weight is 556 g/mol. The van der Waals surface area contributed by atoms with E-state index >= 15 is 0 Å². The molecule has 5 rings (SSSR count). The van der Waals surface area contributed by atoms with Crippen LogP contribution in [0.5, 0.6) is 11.5 Å². The summed E-state index contributed by atoms with van der Waals surface area (Å²) in [6, 6.07) is 15.3. The molecule has 2 bridgehead atoms. The number of anilines is 2. The molecule has 2 aliphatic heterocycles. The maximum atomic E-state index is 14.0. The molecule has 6 nitrogen and oxygen atoms in total. The van der Waals surface area contributed by atoms with E-state index < -0.39 is 29.4 Å². The van der Waals surface area contributed by atoms with Gasteiger partial charge in [-0.15, -0.1) is 0 Å². The monoisotopic (exact) mass is 555 g/mol. The van der Waals surface area contributed by atoms with Crippen LogP contribution in [0.15, 0.2) is 60.7 Å². The molecule has 1 fully saturated rings. The third kappa shape index (κ3) is 4.67. The number of ether oxygens (including phenoxy) is 2. The Hall–Kier alpha value is -3.79. The first kappa shape index (κ1) is 26.8. The van der Waals surface area contributed by atoms with E-state index in [4.69, 9.17) is 21.7 Å². The number of aryl methyl sites for hydroxylation is 2. The molecule has 1 saturated heterocycles. The average Bonchev–Trinajstić information content (AvgIpc) is 2.85. The summed E-state index contributed by atoms with van der Waals surface area (Å²) in [5.41, 5.74) is 1.05. The van der Waals surface area contributed by atoms with Gasteiger partial charge in [0.1, 0.15) is 5.92 Å². The van der Waals surface area contributed by atoms with Crippen LogP contribution in [0, 0.1) is 19.8 Å². The van der Waals surface area contributed by atoms with Crippen molar-refractivity contribution in [2.75, 3.05) is 16.8 Å². The number of para-hydroxylation sites is 1. The number of halogens is 3. The number of amides is 1. The molecule has 0 aliphatic carbocycles. The molecule has 2 aliphatic rings. The summed E-state index contributed by atoms with van der Waals surface area (Å²) in [5, 5.41) is 6.38. The first-order chi connectivity index (χ1) is 18.4. The maximum absolute atomic E-state index is 14.0. The first-order valence-corrected chi connectivity index (χ1v) is 13.0. The van der Waals surface area contributed by atoms with E-state index in [9.17, 15) is 18.0 Å². The Morgan fingerprint density at radius 3 is 2.59 bits per heavy atom. The highest BCUT2D eigenvalue weighted by atomic mass is 32.1. The summed E-state index contributed by atoms with van der Waals surface area (Å²) in [4.78, 5) is 15.5. The summed E-state index contributed by atoms with van der Waals surface area (Å²) in [7, 11) is 0. The summed E-state index contributed by atoms with van der Waals surface area (Å²) in [6.07, 6.45) is -4.56. The van der Waals surface area contributed by atoms with E-state index in [0.29, 0.717) is 29.4 Å². The number of rotatable bonds is 5. The van der Waals surface area contributed by atoms with Gasteiger partial charge in [0.25, 0.3) is 0 Å². The normalized spacial score (nSPS) is 21.9. The van der Waals surface area contributed by atoms with Crippen molar-refractivity contribution in [3.8, 4) is 11.5 Å². The molecular weight excluding hydrogens is 527 g/mol. The SMILES string of the molecule is CCOc1cccc2c1O[C@@]1(C)[C@H](C(=O)Nc3ccc(C)cc3C)[C@H]2NC(=S)N1c1cccc(C(F)(F)F)c1. The number of alkyl halides is 3. The largest absolute Gasteiger partial charge is 0.490 e. The van der Waals surface area contributed by atoms with Crippen LogP contribution < -0.4 is 25.0 Å². The minimum absolute atomic E-state index is 0.143.